The lowest BCUT2D eigenvalue weighted by molar-refractivity contribution is 0.643. The summed E-state index contributed by atoms with van der Waals surface area (Å²) in [4.78, 5) is 6.71. The summed E-state index contributed by atoms with van der Waals surface area (Å²) < 4.78 is 0.346. The molecule has 0 unspecified atom stereocenters. The normalized spacial score (nSPS) is 19.4. The number of aromatic nitrogens is 1. The maximum atomic E-state index is 4.22. The summed E-state index contributed by atoms with van der Waals surface area (Å²) in [7, 11) is 1.98. The van der Waals surface area contributed by atoms with Gasteiger partial charge >= 0.3 is 0 Å². The molecular formula is C13H21N3S. The van der Waals surface area contributed by atoms with Crippen LogP contribution < -0.4 is 10.2 Å². The molecule has 0 atom stereocenters. The van der Waals surface area contributed by atoms with E-state index in [1.165, 1.54) is 17.0 Å². The molecule has 0 saturated carbocycles. The average Bonchev–Trinajstić information content (AvgIpc) is 2.29. The summed E-state index contributed by atoms with van der Waals surface area (Å²) in [5, 5.41) is 3.21. The Balaban J connectivity index is 2.21. The highest BCUT2D eigenvalue weighted by atomic mass is 32.2. The molecule has 0 aromatic carbocycles. The maximum absolute atomic E-state index is 4.22. The first-order valence-electron chi connectivity index (χ1n) is 6.09. The van der Waals surface area contributed by atoms with Gasteiger partial charge in [0.15, 0.2) is 0 Å². The Morgan fingerprint density at radius 1 is 1.53 bits per heavy atom. The Bertz CT molecular complexity index is 379. The van der Waals surface area contributed by atoms with Crippen molar-refractivity contribution < 1.29 is 0 Å². The minimum atomic E-state index is 0.346. The number of anilines is 1. The molecule has 1 fully saturated rings. The van der Waals surface area contributed by atoms with Crippen molar-refractivity contribution in [2.45, 2.75) is 25.1 Å². The molecule has 2 rings (SSSR count). The minimum absolute atomic E-state index is 0.346. The number of nitrogens with zero attached hydrogens (tertiary/aromatic N) is 2. The van der Waals surface area contributed by atoms with E-state index in [0.29, 0.717) is 4.75 Å². The van der Waals surface area contributed by atoms with Crippen LogP contribution in [0.5, 0.6) is 0 Å². The SMILES string of the molecule is CNCc1cnccc1N1CCSC(C)(C)C1. The van der Waals surface area contributed by atoms with Crippen molar-refractivity contribution in [3.05, 3.63) is 24.0 Å². The monoisotopic (exact) mass is 251 g/mol. The third kappa shape index (κ3) is 3.13. The zero-order valence-electron chi connectivity index (χ0n) is 10.9. The van der Waals surface area contributed by atoms with Crippen molar-refractivity contribution in [1.29, 1.82) is 0 Å². The van der Waals surface area contributed by atoms with Crippen LogP contribution in [0.3, 0.4) is 0 Å². The van der Waals surface area contributed by atoms with Gasteiger partial charge in [0.05, 0.1) is 0 Å². The second kappa shape index (κ2) is 5.27. The van der Waals surface area contributed by atoms with Crippen molar-refractivity contribution in [2.75, 3.05) is 30.8 Å². The molecule has 1 aromatic rings. The van der Waals surface area contributed by atoms with E-state index in [9.17, 15) is 0 Å². The average molecular weight is 251 g/mol. The number of rotatable bonds is 3. The third-order valence-corrected chi connectivity index (χ3v) is 4.31. The lowest BCUT2D eigenvalue weighted by Crippen LogP contribution is -2.43. The van der Waals surface area contributed by atoms with Gasteiger partial charge in [0.2, 0.25) is 0 Å². The summed E-state index contributed by atoms with van der Waals surface area (Å²) in [6.07, 6.45) is 3.86. The highest BCUT2D eigenvalue weighted by molar-refractivity contribution is 8.00. The molecule has 0 amide bonds. The Labute approximate surface area is 108 Å². The second-order valence-electron chi connectivity index (χ2n) is 5.06. The molecule has 0 radical (unpaired) electrons. The van der Waals surface area contributed by atoms with E-state index >= 15 is 0 Å². The van der Waals surface area contributed by atoms with Crippen LogP contribution in [0.4, 0.5) is 5.69 Å². The molecule has 1 saturated heterocycles. The van der Waals surface area contributed by atoms with E-state index in [2.05, 4.69) is 46.9 Å². The van der Waals surface area contributed by atoms with Gasteiger partial charge in [0.1, 0.15) is 0 Å². The van der Waals surface area contributed by atoms with E-state index in [4.69, 9.17) is 0 Å². The van der Waals surface area contributed by atoms with Crippen LogP contribution in [0.15, 0.2) is 18.5 Å². The van der Waals surface area contributed by atoms with Gasteiger partial charge in [-0.1, -0.05) is 0 Å². The van der Waals surface area contributed by atoms with Gasteiger partial charge in [-0.15, -0.1) is 0 Å². The summed E-state index contributed by atoms with van der Waals surface area (Å²) in [5.41, 5.74) is 2.63. The van der Waals surface area contributed by atoms with Crippen LogP contribution in [-0.2, 0) is 6.54 Å². The van der Waals surface area contributed by atoms with Crippen molar-refractivity contribution >= 4 is 17.4 Å². The van der Waals surface area contributed by atoms with Crippen molar-refractivity contribution in [2.24, 2.45) is 0 Å². The molecule has 4 heteroatoms. The maximum Gasteiger partial charge on any atom is 0.0443 e. The van der Waals surface area contributed by atoms with E-state index in [1.54, 1.807) is 0 Å². The first kappa shape index (κ1) is 12.7. The molecular weight excluding hydrogens is 230 g/mol. The number of nitrogens with one attached hydrogen (secondary N) is 1. The number of hydrogen-bond donors (Lipinski definition) is 1. The lowest BCUT2D eigenvalue weighted by atomic mass is 10.1. The highest BCUT2D eigenvalue weighted by Crippen LogP contribution is 2.33. The molecule has 0 spiro atoms. The summed E-state index contributed by atoms with van der Waals surface area (Å²) >= 11 is 2.07. The Morgan fingerprint density at radius 2 is 2.35 bits per heavy atom. The minimum Gasteiger partial charge on any atom is -0.369 e. The van der Waals surface area contributed by atoms with Gasteiger partial charge < -0.3 is 10.2 Å². The van der Waals surface area contributed by atoms with Crippen LogP contribution >= 0.6 is 11.8 Å². The molecule has 1 aliphatic rings. The van der Waals surface area contributed by atoms with Crippen LogP contribution in [-0.4, -0.2) is 35.6 Å². The van der Waals surface area contributed by atoms with Crippen molar-refractivity contribution in [3.8, 4) is 0 Å². The fourth-order valence-corrected chi connectivity index (χ4v) is 3.39. The van der Waals surface area contributed by atoms with E-state index in [-0.39, 0.29) is 0 Å². The standard InChI is InChI=1S/C13H21N3S/c1-13(2)10-16(6-7-17-13)12-4-5-15-9-11(12)8-14-3/h4-5,9,14H,6-8,10H2,1-3H3. The van der Waals surface area contributed by atoms with E-state index in [1.807, 2.05) is 19.4 Å². The van der Waals surface area contributed by atoms with Crippen LogP contribution in [0.1, 0.15) is 19.4 Å². The topological polar surface area (TPSA) is 28.2 Å². The fourth-order valence-electron chi connectivity index (χ4n) is 2.28. The van der Waals surface area contributed by atoms with Gasteiger partial charge in [-0.25, -0.2) is 0 Å². The molecule has 1 aromatic heterocycles. The first-order valence-corrected chi connectivity index (χ1v) is 7.07. The first-order chi connectivity index (χ1) is 8.12. The van der Waals surface area contributed by atoms with Gasteiger partial charge in [-0.3, -0.25) is 4.98 Å². The number of hydrogen-bond acceptors (Lipinski definition) is 4. The van der Waals surface area contributed by atoms with Crippen LogP contribution in [0.2, 0.25) is 0 Å². The van der Waals surface area contributed by atoms with E-state index < -0.39 is 0 Å². The summed E-state index contributed by atoms with van der Waals surface area (Å²) in [6.45, 7) is 7.77. The zero-order chi connectivity index (χ0) is 12.3. The number of thioether (sulfide) groups is 1. The summed E-state index contributed by atoms with van der Waals surface area (Å²) in [5.74, 6) is 1.20. The Hall–Kier alpha value is -0.740. The van der Waals surface area contributed by atoms with Gasteiger partial charge in [-0.2, -0.15) is 11.8 Å². The second-order valence-corrected chi connectivity index (χ2v) is 6.87. The zero-order valence-corrected chi connectivity index (χ0v) is 11.7. The smallest absolute Gasteiger partial charge is 0.0443 e. The van der Waals surface area contributed by atoms with Crippen molar-refractivity contribution in [3.63, 3.8) is 0 Å². The molecule has 1 aliphatic heterocycles. The quantitative estimate of drug-likeness (QED) is 0.891. The van der Waals surface area contributed by atoms with Crippen LogP contribution in [0.25, 0.3) is 0 Å². The van der Waals surface area contributed by atoms with Gasteiger partial charge in [0, 0.05) is 53.8 Å². The van der Waals surface area contributed by atoms with Crippen molar-refractivity contribution in [1.82, 2.24) is 10.3 Å². The largest absolute Gasteiger partial charge is 0.369 e. The predicted molar refractivity (Wildman–Crippen MR) is 75.8 cm³/mol. The molecule has 17 heavy (non-hydrogen) atoms. The Kier molecular flexibility index (Phi) is 3.94. The lowest BCUT2D eigenvalue weighted by Gasteiger charge is -2.39. The molecule has 2 heterocycles. The number of pyridine rings is 1. The molecule has 1 N–H and O–H groups in total. The molecule has 0 bridgehead atoms. The fraction of sp³-hybridized carbons (Fsp3) is 0.615. The highest BCUT2D eigenvalue weighted by Gasteiger charge is 2.27. The van der Waals surface area contributed by atoms with Gasteiger partial charge in [-0.05, 0) is 27.0 Å². The molecule has 3 nitrogen and oxygen atoms in total. The summed E-state index contributed by atoms with van der Waals surface area (Å²) in [6, 6.07) is 2.14. The molecule has 0 aliphatic carbocycles. The van der Waals surface area contributed by atoms with E-state index in [0.717, 1.165) is 19.6 Å². The predicted octanol–water partition coefficient (Wildman–Crippen LogP) is 2.13. The third-order valence-electron chi connectivity index (χ3n) is 3.01. The molecule has 94 valence electrons. The Morgan fingerprint density at radius 3 is 3.06 bits per heavy atom. The van der Waals surface area contributed by atoms with Crippen LogP contribution in [0, 0.1) is 0 Å². The van der Waals surface area contributed by atoms with Gasteiger partial charge in [0.25, 0.3) is 0 Å².